The molecule has 1 amide bonds. The third kappa shape index (κ3) is 5.04. The maximum absolute atomic E-state index is 13.5. The molecule has 0 aliphatic carbocycles. The van der Waals surface area contributed by atoms with Crippen LogP contribution in [0.4, 0.5) is 10.1 Å². The lowest BCUT2D eigenvalue weighted by Crippen LogP contribution is -2.31. The molecule has 0 saturated carbocycles. The van der Waals surface area contributed by atoms with Crippen molar-refractivity contribution in [3.63, 3.8) is 0 Å². The van der Waals surface area contributed by atoms with E-state index in [1.807, 2.05) is 36.5 Å². The molecular formula is C26H31FN4OS. The summed E-state index contributed by atoms with van der Waals surface area (Å²) in [5.41, 5.74) is 2.92. The van der Waals surface area contributed by atoms with E-state index in [1.54, 1.807) is 23.5 Å². The van der Waals surface area contributed by atoms with Gasteiger partial charge in [-0.3, -0.25) is 4.79 Å². The van der Waals surface area contributed by atoms with Crippen LogP contribution < -0.4 is 10.2 Å². The first-order valence-corrected chi connectivity index (χ1v) is 12.5. The number of aromatic amines is 1. The number of amides is 1. The molecule has 5 rings (SSSR count). The summed E-state index contributed by atoms with van der Waals surface area (Å²) in [6.07, 6.45) is 5.04. The second-order valence-electron chi connectivity index (χ2n) is 8.69. The minimum absolute atomic E-state index is 0. The van der Waals surface area contributed by atoms with Crippen LogP contribution in [0.3, 0.4) is 0 Å². The van der Waals surface area contributed by atoms with Gasteiger partial charge in [-0.2, -0.15) is 0 Å². The molecular weight excluding hydrogens is 435 g/mol. The van der Waals surface area contributed by atoms with Gasteiger partial charge in [-0.15, -0.1) is 11.3 Å². The third-order valence-corrected chi connectivity index (χ3v) is 7.38. The number of rotatable bonds is 7. The maximum Gasteiger partial charge on any atom is 0.251 e. The Morgan fingerprint density at radius 1 is 1.09 bits per heavy atom. The Morgan fingerprint density at radius 3 is 2.97 bits per heavy atom. The van der Waals surface area contributed by atoms with Crippen LogP contribution in [0, 0.1) is 5.82 Å². The van der Waals surface area contributed by atoms with Gasteiger partial charge in [-0.05, 0) is 74.1 Å². The first kappa shape index (κ1) is 21.9. The minimum atomic E-state index is -0.171. The zero-order chi connectivity index (χ0) is 22.6. The molecule has 5 nitrogen and oxygen atoms in total. The van der Waals surface area contributed by atoms with Gasteiger partial charge in [0.15, 0.2) is 0 Å². The molecule has 1 aliphatic rings. The van der Waals surface area contributed by atoms with E-state index in [0.29, 0.717) is 12.1 Å². The van der Waals surface area contributed by atoms with E-state index in [-0.39, 0.29) is 13.2 Å². The Kier molecular flexibility index (Phi) is 6.60. The predicted octanol–water partition coefficient (Wildman–Crippen LogP) is 5.49. The van der Waals surface area contributed by atoms with Crippen molar-refractivity contribution in [1.29, 1.82) is 0 Å². The van der Waals surface area contributed by atoms with Crippen LogP contribution in [0.15, 0.2) is 54.0 Å². The molecule has 0 atom stereocenters. The van der Waals surface area contributed by atoms with Gasteiger partial charge in [0.05, 0.1) is 5.69 Å². The molecule has 0 radical (unpaired) electrons. The predicted molar refractivity (Wildman–Crippen MR) is 137 cm³/mol. The fourth-order valence-electron chi connectivity index (χ4n) is 4.62. The Balaban J connectivity index is 0.00000274. The second kappa shape index (κ2) is 9.93. The number of thiophene rings is 1. The summed E-state index contributed by atoms with van der Waals surface area (Å²) in [5.74, 6) is -0.185. The number of nitrogens with zero attached hydrogens (tertiary/aromatic N) is 2. The zero-order valence-corrected chi connectivity index (χ0v) is 19.5. The van der Waals surface area contributed by atoms with Crippen LogP contribution in [0.25, 0.3) is 21.0 Å². The summed E-state index contributed by atoms with van der Waals surface area (Å²) >= 11 is 1.62. The lowest BCUT2D eigenvalue weighted by Gasteiger charge is -2.23. The second-order valence-corrected chi connectivity index (χ2v) is 9.60. The third-order valence-electron chi connectivity index (χ3n) is 6.45. The number of aromatic nitrogens is 1. The Labute approximate surface area is 198 Å². The Hall–Kier alpha value is -2.90. The molecule has 0 spiro atoms. The molecule has 0 unspecified atom stereocenters. The number of hydrogen-bond donors (Lipinski definition) is 2. The summed E-state index contributed by atoms with van der Waals surface area (Å²) in [7, 11) is 0. The fourth-order valence-corrected chi connectivity index (χ4v) is 5.62. The number of carbonyl (C=O) groups excluding carboxylic acids is 1. The molecule has 2 aromatic heterocycles. The van der Waals surface area contributed by atoms with Crippen molar-refractivity contribution in [3.05, 3.63) is 65.4 Å². The molecule has 2 N–H and O–H groups in total. The standard InChI is InChI=1S/C26H29FN4OS.H2/c27-21-6-7-22-24(18-33-25(22)17-21)31-13-3-12-30(14-15-31)11-2-1-9-29-26(32)20-5-4-19-8-10-28-23(19)16-20;/h4-8,10,16-18,28H,1-3,9,11-15H2,(H,29,32);1H. The number of halogens is 1. The number of anilines is 1. The van der Waals surface area contributed by atoms with E-state index < -0.39 is 0 Å². The van der Waals surface area contributed by atoms with E-state index in [1.165, 1.54) is 5.69 Å². The summed E-state index contributed by atoms with van der Waals surface area (Å²) in [6, 6.07) is 12.8. The highest BCUT2D eigenvalue weighted by Gasteiger charge is 2.18. The molecule has 7 heteroatoms. The van der Waals surface area contributed by atoms with Crippen molar-refractivity contribution in [2.75, 3.05) is 44.2 Å². The van der Waals surface area contributed by atoms with Gasteiger partial charge in [0.2, 0.25) is 0 Å². The van der Waals surface area contributed by atoms with Gasteiger partial charge in [0, 0.05) is 60.3 Å². The number of unbranched alkanes of at least 4 members (excludes halogenated alkanes) is 1. The van der Waals surface area contributed by atoms with E-state index in [4.69, 9.17) is 0 Å². The lowest BCUT2D eigenvalue weighted by atomic mass is 10.1. The van der Waals surface area contributed by atoms with Crippen molar-refractivity contribution in [1.82, 2.24) is 15.2 Å². The number of carbonyl (C=O) groups is 1. The largest absolute Gasteiger partial charge is 0.369 e. The molecule has 1 fully saturated rings. The van der Waals surface area contributed by atoms with Gasteiger partial charge >= 0.3 is 0 Å². The van der Waals surface area contributed by atoms with Gasteiger partial charge in [-0.25, -0.2) is 4.39 Å². The van der Waals surface area contributed by atoms with Crippen LogP contribution >= 0.6 is 11.3 Å². The molecule has 0 bridgehead atoms. The minimum Gasteiger partial charge on any atom is -0.369 e. The van der Waals surface area contributed by atoms with Crippen LogP contribution in [0.5, 0.6) is 0 Å². The highest BCUT2D eigenvalue weighted by molar-refractivity contribution is 7.17. The zero-order valence-electron chi connectivity index (χ0n) is 18.6. The SMILES string of the molecule is O=C(NCCCCN1CCCN(c2csc3cc(F)ccc23)CC1)c1ccc2cc[nH]c2c1.[HH]. The van der Waals surface area contributed by atoms with Gasteiger partial charge in [0.1, 0.15) is 5.82 Å². The molecule has 3 heterocycles. The van der Waals surface area contributed by atoms with E-state index in [2.05, 4.69) is 25.5 Å². The van der Waals surface area contributed by atoms with E-state index in [9.17, 15) is 9.18 Å². The molecule has 33 heavy (non-hydrogen) atoms. The highest BCUT2D eigenvalue weighted by atomic mass is 32.1. The summed E-state index contributed by atoms with van der Waals surface area (Å²) in [5, 5.41) is 7.48. The fraction of sp³-hybridized carbons (Fsp3) is 0.346. The Bertz CT molecular complexity index is 1260. The van der Waals surface area contributed by atoms with Crippen LogP contribution in [-0.2, 0) is 0 Å². The van der Waals surface area contributed by atoms with Gasteiger partial charge < -0.3 is 20.1 Å². The van der Waals surface area contributed by atoms with E-state index >= 15 is 0 Å². The van der Waals surface area contributed by atoms with Crippen LogP contribution in [0.2, 0.25) is 0 Å². The number of benzene rings is 2. The average Bonchev–Trinajstić information content (AvgIpc) is 3.39. The summed E-state index contributed by atoms with van der Waals surface area (Å²) in [4.78, 5) is 20.5. The molecule has 4 aromatic rings. The topological polar surface area (TPSA) is 51.4 Å². The van der Waals surface area contributed by atoms with Crippen LogP contribution in [0.1, 0.15) is 31.0 Å². The number of nitrogens with one attached hydrogen (secondary N) is 2. The Morgan fingerprint density at radius 2 is 2.03 bits per heavy atom. The van der Waals surface area contributed by atoms with Gasteiger partial charge in [-0.1, -0.05) is 6.07 Å². The van der Waals surface area contributed by atoms with E-state index in [0.717, 1.165) is 73.0 Å². The van der Waals surface area contributed by atoms with Crippen molar-refractivity contribution in [2.24, 2.45) is 0 Å². The first-order chi connectivity index (χ1) is 16.2. The molecule has 2 aromatic carbocycles. The molecule has 1 saturated heterocycles. The molecule has 1 aliphatic heterocycles. The summed E-state index contributed by atoms with van der Waals surface area (Å²) < 4.78 is 14.5. The molecule has 174 valence electrons. The number of fused-ring (bicyclic) bond motifs is 2. The maximum atomic E-state index is 13.5. The lowest BCUT2D eigenvalue weighted by molar-refractivity contribution is 0.0952. The van der Waals surface area contributed by atoms with Crippen molar-refractivity contribution >= 4 is 43.9 Å². The van der Waals surface area contributed by atoms with Crippen molar-refractivity contribution in [3.8, 4) is 0 Å². The number of hydrogen-bond acceptors (Lipinski definition) is 4. The quantitative estimate of drug-likeness (QED) is 0.354. The smallest absolute Gasteiger partial charge is 0.251 e. The average molecular weight is 467 g/mol. The van der Waals surface area contributed by atoms with Crippen molar-refractivity contribution < 1.29 is 10.6 Å². The van der Waals surface area contributed by atoms with Gasteiger partial charge in [0.25, 0.3) is 5.91 Å². The monoisotopic (exact) mass is 466 g/mol. The van der Waals surface area contributed by atoms with Crippen LogP contribution in [-0.4, -0.2) is 55.1 Å². The summed E-state index contributed by atoms with van der Waals surface area (Å²) in [6.45, 7) is 5.88. The number of H-pyrrole nitrogens is 1. The van der Waals surface area contributed by atoms with Crippen molar-refractivity contribution in [2.45, 2.75) is 19.3 Å². The normalized spacial score (nSPS) is 15.2. The first-order valence-electron chi connectivity index (χ1n) is 11.7. The highest BCUT2D eigenvalue weighted by Crippen LogP contribution is 2.34.